The first-order chi connectivity index (χ1) is 16.0. The van der Waals surface area contributed by atoms with Crippen LogP contribution in [0, 0.1) is 0 Å². The zero-order valence-corrected chi connectivity index (χ0v) is 19.3. The van der Waals surface area contributed by atoms with Crippen LogP contribution in [0.15, 0.2) is 64.9 Å². The second-order valence-electron chi connectivity index (χ2n) is 7.26. The summed E-state index contributed by atoms with van der Waals surface area (Å²) < 4.78 is 11.5. The van der Waals surface area contributed by atoms with E-state index in [-0.39, 0.29) is 11.3 Å². The number of methoxy groups -OCH3 is 2. The molecule has 9 heteroatoms. The van der Waals surface area contributed by atoms with Crippen molar-refractivity contribution >= 4 is 55.5 Å². The van der Waals surface area contributed by atoms with Crippen LogP contribution in [-0.4, -0.2) is 36.0 Å². The Morgan fingerprint density at radius 3 is 2.64 bits per heavy atom. The fourth-order valence-corrected chi connectivity index (χ4v) is 5.58. The Balaban J connectivity index is 1.71. The monoisotopic (exact) mass is 478 g/mol. The number of aliphatic hydroxyl groups excluding tert-OH is 1. The number of carbonyl (C=O) groups is 2. The quantitative estimate of drug-likeness (QED) is 0.247. The molecule has 0 radical (unpaired) electrons. The number of Topliss-reactive ketones (excluding diaryl/α,β-unsaturated/α-hetero) is 1. The number of aliphatic hydroxyl groups is 1. The van der Waals surface area contributed by atoms with E-state index in [0.717, 1.165) is 4.70 Å². The highest BCUT2D eigenvalue weighted by molar-refractivity contribution is 7.22. The fraction of sp³-hybridized carbons (Fsp3) is 0.125. The summed E-state index contributed by atoms with van der Waals surface area (Å²) in [6.07, 6.45) is 0. The summed E-state index contributed by atoms with van der Waals surface area (Å²) >= 11 is 2.73. The Kier molecular flexibility index (Phi) is 5.35. The molecule has 1 fully saturated rings. The summed E-state index contributed by atoms with van der Waals surface area (Å²) in [4.78, 5) is 32.5. The van der Waals surface area contributed by atoms with Gasteiger partial charge in [-0.2, -0.15) is 11.3 Å². The van der Waals surface area contributed by atoms with E-state index in [0.29, 0.717) is 33.3 Å². The van der Waals surface area contributed by atoms with Gasteiger partial charge in [-0.3, -0.25) is 14.5 Å². The first-order valence-corrected chi connectivity index (χ1v) is 11.7. The largest absolute Gasteiger partial charge is 0.507 e. The highest BCUT2D eigenvalue weighted by Gasteiger charge is 2.48. The van der Waals surface area contributed by atoms with Crippen LogP contribution in [0.25, 0.3) is 16.0 Å². The standard InChI is InChI=1S/C24H18N2O5S2/c1-30-14-7-8-16-18(11-14)33-24(25-16)26-20(13-9-10-32-12-13)19(22(28)23(26)29)21(27)15-5-3-4-6-17(15)31-2/h3-12,20,27H,1-2H3/b21-19+. The molecule has 0 spiro atoms. The molecule has 0 bridgehead atoms. The summed E-state index contributed by atoms with van der Waals surface area (Å²) in [6.45, 7) is 0. The van der Waals surface area contributed by atoms with E-state index in [1.165, 1.54) is 34.7 Å². The normalized spacial score (nSPS) is 17.6. The van der Waals surface area contributed by atoms with Crippen LogP contribution in [-0.2, 0) is 9.59 Å². The highest BCUT2D eigenvalue weighted by atomic mass is 32.1. The van der Waals surface area contributed by atoms with Crippen LogP contribution in [0.4, 0.5) is 5.13 Å². The molecule has 4 aromatic rings. The average Bonchev–Trinajstić information content (AvgIpc) is 3.56. The van der Waals surface area contributed by atoms with Crippen molar-refractivity contribution in [2.75, 3.05) is 19.1 Å². The van der Waals surface area contributed by atoms with Gasteiger partial charge >= 0.3 is 5.91 Å². The SMILES string of the molecule is COc1ccc2nc(N3C(=O)C(=O)/C(=C(/O)c4ccccc4OC)C3c3ccsc3)sc2c1. The van der Waals surface area contributed by atoms with E-state index in [1.54, 1.807) is 43.5 Å². The highest BCUT2D eigenvalue weighted by Crippen LogP contribution is 2.45. The van der Waals surface area contributed by atoms with E-state index in [9.17, 15) is 14.7 Å². The molecule has 1 aliphatic heterocycles. The zero-order chi connectivity index (χ0) is 23.1. The number of ether oxygens (including phenoxy) is 2. The van der Waals surface area contributed by atoms with Gasteiger partial charge in [0, 0.05) is 0 Å². The number of thiazole rings is 1. The number of nitrogens with zero attached hydrogens (tertiary/aromatic N) is 2. The number of hydrogen-bond acceptors (Lipinski definition) is 8. The zero-order valence-electron chi connectivity index (χ0n) is 17.6. The molecule has 1 aliphatic rings. The number of thiophene rings is 1. The number of anilines is 1. The minimum Gasteiger partial charge on any atom is -0.507 e. The maximum absolute atomic E-state index is 13.3. The third-order valence-electron chi connectivity index (χ3n) is 5.46. The molecule has 1 atom stereocenters. The smallest absolute Gasteiger partial charge is 0.301 e. The van der Waals surface area contributed by atoms with Crippen LogP contribution < -0.4 is 14.4 Å². The van der Waals surface area contributed by atoms with Gasteiger partial charge in [0.15, 0.2) is 5.13 Å². The lowest BCUT2D eigenvalue weighted by atomic mass is 9.97. The van der Waals surface area contributed by atoms with Crippen molar-refractivity contribution in [3.63, 3.8) is 0 Å². The van der Waals surface area contributed by atoms with Crippen molar-refractivity contribution in [2.24, 2.45) is 0 Å². The molecular weight excluding hydrogens is 460 g/mol. The minimum atomic E-state index is -0.816. The number of carbonyl (C=O) groups excluding carboxylic acids is 2. The van der Waals surface area contributed by atoms with Gasteiger partial charge in [-0.15, -0.1) is 0 Å². The van der Waals surface area contributed by atoms with Gasteiger partial charge in [-0.25, -0.2) is 4.98 Å². The minimum absolute atomic E-state index is 0.000244. The molecule has 1 saturated heterocycles. The average molecular weight is 479 g/mol. The van der Waals surface area contributed by atoms with Gasteiger partial charge in [0.2, 0.25) is 0 Å². The molecule has 1 unspecified atom stereocenters. The predicted molar refractivity (Wildman–Crippen MR) is 128 cm³/mol. The fourth-order valence-electron chi connectivity index (χ4n) is 3.88. The van der Waals surface area contributed by atoms with Gasteiger partial charge in [0.25, 0.3) is 5.78 Å². The van der Waals surface area contributed by atoms with Crippen molar-refractivity contribution in [1.82, 2.24) is 4.98 Å². The van der Waals surface area contributed by atoms with Gasteiger partial charge in [-0.05, 0) is 52.7 Å². The number of benzene rings is 2. The molecule has 7 nitrogen and oxygen atoms in total. The van der Waals surface area contributed by atoms with Crippen molar-refractivity contribution in [3.05, 3.63) is 76.0 Å². The van der Waals surface area contributed by atoms with Crippen LogP contribution in [0.2, 0.25) is 0 Å². The summed E-state index contributed by atoms with van der Waals surface area (Å²) in [7, 11) is 3.06. The molecule has 1 N–H and O–H groups in total. The van der Waals surface area contributed by atoms with Crippen LogP contribution >= 0.6 is 22.7 Å². The van der Waals surface area contributed by atoms with Crippen LogP contribution in [0.5, 0.6) is 11.5 Å². The van der Waals surface area contributed by atoms with Crippen molar-refractivity contribution in [3.8, 4) is 11.5 Å². The van der Waals surface area contributed by atoms with Gasteiger partial charge < -0.3 is 14.6 Å². The van der Waals surface area contributed by atoms with E-state index >= 15 is 0 Å². The molecule has 2 aromatic carbocycles. The Morgan fingerprint density at radius 1 is 1.09 bits per heavy atom. The number of ketones is 1. The maximum atomic E-state index is 13.3. The molecule has 1 amide bonds. The number of amides is 1. The molecule has 0 aliphatic carbocycles. The second kappa shape index (κ2) is 8.34. The first-order valence-electron chi connectivity index (χ1n) is 9.94. The van der Waals surface area contributed by atoms with Gasteiger partial charge in [0.05, 0.1) is 41.6 Å². The maximum Gasteiger partial charge on any atom is 0.301 e. The third kappa shape index (κ3) is 3.46. The molecule has 2 aromatic heterocycles. The summed E-state index contributed by atoms with van der Waals surface area (Å²) in [5, 5.41) is 15.3. The Bertz CT molecular complexity index is 1410. The number of para-hydroxylation sites is 1. The molecule has 5 rings (SSSR count). The number of rotatable bonds is 5. The van der Waals surface area contributed by atoms with E-state index in [1.807, 2.05) is 22.9 Å². The van der Waals surface area contributed by atoms with Gasteiger partial charge in [0.1, 0.15) is 17.3 Å². The Labute approximate surface area is 197 Å². The lowest BCUT2D eigenvalue weighted by Gasteiger charge is -2.22. The summed E-state index contributed by atoms with van der Waals surface area (Å²) in [6, 6.07) is 13.3. The van der Waals surface area contributed by atoms with Crippen molar-refractivity contribution < 1.29 is 24.2 Å². The Morgan fingerprint density at radius 2 is 1.91 bits per heavy atom. The van der Waals surface area contributed by atoms with Crippen LogP contribution in [0.1, 0.15) is 17.2 Å². The molecular formula is C24H18N2O5S2. The molecule has 0 saturated carbocycles. The molecule has 166 valence electrons. The number of hydrogen-bond donors (Lipinski definition) is 1. The van der Waals surface area contributed by atoms with E-state index in [4.69, 9.17) is 9.47 Å². The summed E-state index contributed by atoms with van der Waals surface area (Å²) in [5.74, 6) is -0.727. The summed E-state index contributed by atoms with van der Waals surface area (Å²) in [5.41, 5.74) is 1.74. The molecule has 3 heterocycles. The predicted octanol–water partition coefficient (Wildman–Crippen LogP) is 5.00. The first kappa shape index (κ1) is 21.2. The number of aromatic nitrogens is 1. The second-order valence-corrected chi connectivity index (χ2v) is 9.05. The number of fused-ring (bicyclic) bond motifs is 1. The van der Waals surface area contributed by atoms with Crippen LogP contribution in [0.3, 0.4) is 0 Å². The lowest BCUT2D eigenvalue weighted by Crippen LogP contribution is -2.29. The van der Waals surface area contributed by atoms with E-state index < -0.39 is 17.7 Å². The Hall–Kier alpha value is -3.69. The van der Waals surface area contributed by atoms with E-state index in [2.05, 4.69) is 4.98 Å². The third-order valence-corrected chi connectivity index (χ3v) is 7.17. The molecule has 33 heavy (non-hydrogen) atoms. The topological polar surface area (TPSA) is 89.0 Å². The van der Waals surface area contributed by atoms with Crippen molar-refractivity contribution in [2.45, 2.75) is 6.04 Å². The van der Waals surface area contributed by atoms with Crippen molar-refractivity contribution in [1.29, 1.82) is 0 Å². The van der Waals surface area contributed by atoms with Gasteiger partial charge in [-0.1, -0.05) is 23.5 Å². The lowest BCUT2D eigenvalue weighted by molar-refractivity contribution is -0.132.